The van der Waals surface area contributed by atoms with E-state index < -0.39 is 0 Å². The zero-order valence-corrected chi connectivity index (χ0v) is 9.83. The van der Waals surface area contributed by atoms with Gasteiger partial charge in [-0.15, -0.1) is 23.1 Å². The van der Waals surface area contributed by atoms with Crippen molar-refractivity contribution >= 4 is 23.1 Å². The highest BCUT2D eigenvalue weighted by Gasteiger charge is 2.10. The summed E-state index contributed by atoms with van der Waals surface area (Å²) in [6.07, 6.45) is 1.17. The average Bonchev–Trinajstić information content (AvgIpc) is 2.65. The van der Waals surface area contributed by atoms with Crippen LogP contribution in [-0.4, -0.2) is 11.8 Å². The monoisotopic (exact) mass is 215 g/mol. The Labute approximate surface area is 88.7 Å². The minimum Gasteiger partial charge on any atom is -0.327 e. The maximum atomic E-state index is 6.03. The molecule has 74 valence electrons. The molecule has 0 aliphatic carbocycles. The van der Waals surface area contributed by atoms with Gasteiger partial charge in [0.15, 0.2) is 0 Å². The Morgan fingerprint density at radius 2 is 2.38 bits per heavy atom. The largest absolute Gasteiger partial charge is 0.327 e. The first-order valence-electron chi connectivity index (χ1n) is 4.66. The molecule has 0 bridgehead atoms. The predicted molar refractivity (Wildman–Crippen MR) is 62.5 cm³/mol. The van der Waals surface area contributed by atoms with Crippen LogP contribution in [0.5, 0.6) is 0 Å². The van der Waals surface area contributed by atoms with Crippen molar-refractivity contribution in [1.82, 2.24) is 0 Å². The van der Waals surface area contributed by atoms with Crippen molar-refractivity contribution in [1.29, 1.82) is 0 Å². The molecule has 2 atom stereocenters. The van der Waals surface area contributed by atoms with Crippen molar-refractivity contribution in [3.05, 3.63) is 17.5 Å². The maximum absolute atomic E-state index is 6.03. The lowest BCUT2D eigenvalue weighted by atomic mass is 10.0. The van der Waals surface area contributed by atoms with Crippen LogP contribution in [0.25, 0.3) is 0 Å². The van der Waals surface area contributed by atoms with Crippen molar-refractivity contribution < 1.29 is 0 Å². The van der Waals surface area contributed by atoms with Crippen LogP contribution in [0.3, 0.4) is 0 Å². The van der Waals surface area contributed by atoms with Gasteiger partial charge in [-0.1, -0.05) is 26.3 Å². The van der Waals surface area contributed by atoms with Crippen LogP contribution in [0, 0.1) is 5.92 Å². The zero-order valence-electron chi connectivity index (χ0n) is 8.19. The van der Waals surface area contributed by atoms with Crippen LogP contribution in [0.4, 0.5) is 0 Å². The van der Waals surface area contributed by atoms with Gasteiger partial charge in [0.05, 0.1) is 4.21 Å². The van der Waals surface area contributed by atoms with Crippen LogP contribution in [0.1, 0.15) is 20.3 Å². The van der Waals surface area contributed by atoms with Crippen LogP contribution in [0.15, 0.2) is 21.7 Å². The number of thioether (sulfide) groups is 1. The molecule has 0 amide bonds. The standard InChI is InChI=1S/C10H17NS2/c1-3-8(2)9(11)7-13-10-5-4-6-12-10/h4-6,8-9H,3,7,11H2,1-2H3. The summed E-state index contributed by atoms with van der Waals surface area (Å²) in [5, 5.41) is 2.11. The Morgan fingerprint density at radius 1 is 1.62 bits per heavy atom. The minimum absolute atomic E-state index is 0.331. The van der Waals surface area contributed by atoms with Gasteiger partial charge in [0, 0.05) is 11.8 Å². The fraction of sp³-hybridized carbons (Fsp3) is 0.600. The second-order valence-electron chi connectivity index (χ2n) is 3.29. The third kappa shape index (κ3) is 3.71. The van der Waals surface area contributed by atoms with Crippen molar-refractivity contribution in [2.45, 2.75) is 30.5 Å². The average molecular weight is 215 g/mol. The van der Waals surface area contributed by atoms with E-state index in [9.17, 15) is 0 Å². The molecule has 0 aliphatic rings. The first kappa shape index (κ1) is 11.1. The Bertz CT molecular complexity index is 221. The molecule has 1 nitrogen and oxygen atoms in total. The van der Waals surface area contributed by atoms with Gasteiger partial charge >= 0.3 is 0 Å². The molecule has 0 aromatic carbocycles. The fourth-order valence-electron chi connectivity index (χ4n) is 0.991. The third-order valence-electron chi connectivity index (χ3n) is 2.29. The number of nitrogens with two attached hydrogens (primary N) is 1. The molecule has 1 heterocycles. The molecular formula is C10H17NS2. The van der Waals surface area contributed by atoms with E-state index in [1.807, 2.05) is 11.8 Å². The van der Waals surface area contributed by atoms with Crippen LogP contribution in [-0.2, 0) is 0 Å². The predicted octanol–water partition coefficient (Wildman–Crippen LogP) is 3.21. The molecule has 1 rings (SSSR count). The maximum Gasteiger partial charge on any atom is 0.0599 e. The normalized spacial score (nSPS) is 15.6. The van der Waals surface area contributed by atoms with E-state index in [2.05, 4.69) is 31.4 Å². The molecular weight excluding hydrogens is 198 g/mol. The highest BCUT2D eigenvalue weighted by Crippen LogP contribution is 2.25. The Balaban J connectivity index is 2.26. The quantitative estimate of drug-likeness (QED) is 0.763. The topological polar surface area (TPSA) is 26.0 Å². The van der Waals surface area contributed by atoms with Crippen molar-refractivity contribution in [2.75, 3.05) is 5.75 Å². The summed E-state index contributed by atoms with van der Waals surface area (Å²) in [5.41, 5.74) is 6.03. The Hall–Kier alpha value is 0.01000. The van der Waals surface area contributed by atoms with Gasteiger partial charge in [0.2, 0.25) is 0 Å². The first-order valence-corrected chi connectivity index (χ1v) is 6.52. The molecule has 1 aromatic rings. The lowest BCUT2D eigenvalue weighted by Crippen LogP contribution is -2.30. The lowest BCUT2D eigenvalue weighted by molar-refractivity contribution is 0.475. The number of thiophene rings is 1. The molecule has 3 heteroatoms. The minimum atomic E-state index is 0.331. The van der Waals surface area contributed by atoms with Gasteiger partial charge in [0.25, 0.3) is 0 Å². The van der Waals surface area contributed by atoms with E-state index in [4.69, 9.17) is 5.73 Å². The lowest BCUT2D eigenvalue weighted by Gasteiger charge is -2.16. The van der Waals surface area contributed by atoms with E-state index in [0.717, 1.165) is 5.75 Å². The van der Waals surface area contributed by atoms with E-state index in [0.29, 0.717) is 12.0 Å². The van der Waals surface area contributed by atoms with Gasteiger partial charge in [-0.05, 0) is 17.4 Å². The van der Waals surface area contributed by atoms with Gasteiger partial charge in [-0.25, -0.2) is 0 Å². The number of hydrogen-bond donors (Lipinski definition) is 1. The summed E-state index contributed by atoms with van der Waals surface area (Å²) in [4.78, 5) is 0. The molecule has 2 unspecified atom stereocenters. The van der Waals surface area contributed by atoms with Crippen molar-refractivity contribution in [3.63, 3.8) is 0 Å². The van der Waals surface area contributed by atoms with Crippen LogP contribution >= 0.6 is 23.1 Å². The zero-order chi connectivity index (χ0) is 9.68. The molecule has 13 heavy (non-hydrogen) atoms. The molecule has 0 fully saturated rings. The van der Waals surface area contributed by atoms with Crippen LogP contribution < -0.4 is 5.73 Å². The Kier molecular flexibility index (Phi) is 4.84. The van der Waals surface area contributed by atoms with Gasteiger partial charge in [-0.2, -0.15) is 0 Å². The third-order valence-corrected chi connectivity index (χ3v) is 4.56. The molecule has 2 N–H and O–H groups in total. The molecule has 1 aromatic heterocycles. The molecule has 0 spiro atoms. The summed E-state index contributed by atoms with van der Waals surface area (Å²) in [6, 6.07) is 4.57. The number of rotatable bonds is 5. The molecule has 0 radical (unpaired) electrons. The second-order valence-corrected chi connectivity index (χ2v) is 5.56. The summed E-state index contributed by atoms with van der Waals surface area (Å²) in [6.45, 7) is 4.42. The summed E-state index contributed by atoms with van der Waals surface area (Å²) in [5.74, 6) is 1.67. The van der Waals surface area contributed by atoms with Crippen molar-refractivity contribution in [3.8, 4) is 0 Å². The van der Waals surface area contributed by atoms with E-state index in [1.165, 1.54) is 10.6 Å². The van der Waals surface area contributed by atoms with E-state index in [-0.39, 0.29) is 0 Å². The smallest absolute Gasteiger partial charge is 0.0599 e. The molecule has 0 saturated carbocycles. The van der Waals surface area contributed by atoms with Crippen LogP contribution in [0.2, 0.25) is 0 Å². The summed E-state index contributed by atoms with van der Waals surface area (Å²) in [7, 11) is 0. The summed E-state index contributed by atoms with van der Waals surface area (Å²) < 4.78 is 1.37. The van der Waals surface area contributed by atoms with Gasteiger partial charge in [0.1, 0.15) is 0 Å². The first-order chi connectivity index (χ1) is 6.24. The molecule has 0 saturated heterocycles. The van der Waals surface area contributed by atoms with E-state index in [1.54, 1.807) is 11.3 Å². The highest BCUT2D eigenvalue weighted by molar-refractivity contribution is 8.01. The second kappa shape index (κ2) is 5.68. The SMILES string of the molecule is CCC(C)C(N)CSc1cccs1. The summed E-state index contributed by atoms with van der Waals surface area (Å²) >= 11 is 3.66. The van der Waals surface area contributed by atoms with Gasteiger partial charge in [-0.3, -0.25) is 0 Å². The number of hydrogen-bond acceptors (Lipinski definition) is 3. The highest BCUT2D eigenvalue weighted by atomic mass is 32.2. The van der Waals surface area contributed by atoms with E-state index >= 15 is 0 Å². The fourth-order valence-corrected chi connectivity index (χ4v) is 2.94. The molecule has 0 aliphatic heterocycles. The van der Waals surface area contributed by atoms with Gasteiger partial charge < -0.3 is 5.73 Å². The Morgan fingerprint density at radius 3 is 2.92 bits per heavy atom. The van der Waals surface area contributed by atoms with Crippen molar-refractivity contribution in [2.24, 2.45) is 11.7 Å².